The highest BCUT2D eigenvalue weighted by molar-refractivity contribution is 5.50. The van der Waals surface area contributed by atoms with Gasteiger partial charge in [-0.1, -0.05) is 0 Å². The van der Waals surface area contributed by atoms with Crippen LogP contribution in [0, 0.1) is 29.2 Å². The Bertz CT molecular complexity index is 504. The zero-order valence-electron chi connectivity index (χ0n) is 10.1. The second-order valence-corrected chi connectivity index (χ2v) is 4.62. The van der Waals surface area contributed by atoms with Crippen molar-refractivity contribution in [2.75, 3.05) is 18.0 Å². The third-order valence-corrected chi connectivity index (χ3v) is 3.36. The summed E-state index contributed by atoms with van der Waals surface area (Å²) in [7, 11) is 0. The van der Waals surface area contributed by atoms with Gasteiger partial charge in [-0.2, -0.15) is 13.2 Å². The molecular weight excluding hydrogens is 291 g/mol. The van der Waals surface area contributed by atoms with E-state index in [9.17, 15) is 30.7 Å². The van der Waals surface area contributed by atoms with Crippen LogP contribution in [0.3, 0.4) is 0 Å². The summed E-state index contributed by atoms with van der Waals surface area (Å²) in [5.41, 5.74) is -0.815. The molecule has 0 bridgehead atoms. The van der Waals surface area contributed by atoms with E-state index in [0.29, 0.717) is 0 Å². The molecule has 0 aromatic heterocycles. The number of piperidine rings is 1. The van der Waals surface area contributed by atoms with Crippen LogP contribution < -0.4 is 4.90 Å². The predicted octanol–water partition coefficient (Wildman–Crippen LogP) is 4.02. The fourth-order valence-electron chi connectivity index (χ4n) is 2.28. The number of hydrogen-bond donors (Lipinski definition) is 0. The van der Waals surface area contributed by atoms with Gasteiger partial charge in [0.15, 0.2) is 23.3 Å². The van der Waals surface area contributed by atoms with E-state index in [2.05, 4.69) is 0 Å². The van der Waals surface area contributed by atoms with Crippen LogP contribution >= 0.6 is 0 Å². The largest absolute Gasteiger partial charge is 0.391 e. The molecule has 0 amide bonds. The summed E-state index contributed by atoms with van der Waals surface area (Å²) < 4.78 is 90.3. The van der Waals surface area contributed by atoms with E-state index in [0.717, 1.165) is 4.90 Å². The highest BCUT2D eigenvalue weighted by atomic mass is 19.4. The van der Waals surface area contributed by atoms with E-state index in [-0.39, 0.29) is 32.0 Å². The van der Waals surface area contributed by atoms with Crippen molar-refractivity contribution in [2.45, 2.75) is 19.0 Å². The maximum absolute atomic E-state index is 13.5. The van der Waals surface area contributed by atoms with Gasteiger partial charge in [0.25, 0.3) is 0 Å². The first-order valence-corrected chi connectivity index (χ1v) is 5.86. The zero-order valence-corrected chi connectivity index (χ0v) is 10.1. The minimum absolute atomic E-state index is 0.184. The Hall–Kier alpha value is -1.47. The first-order valence-electron chi connectivity index (χ1n) is 5.86. The average molecular weight is 301 g/mol. The van der Waals surface area contributed by atoms with E-state index in [4.69, 9.17) is 0 Å². The van der Waals surface area contributed by atoms with Crippen molar-refractivity contribution in [3.05, 3.63) is 29.3 Å². The molecule has 1 heterocycles. The normalized spacial score (nSPS) is 17.6. The van der Waals surface area contributed by atoms with Gasteiger partial charge in [0.05, 0.1) is 5.92 Å². The van der Waals surface area contributed by atoms with E-state index < -0.39 is 41.1 Å². The quantitative estimate of drug-likeness (QED) is 0.430. The van der Waals surface area contributed by atoms with E-state index in [1.165, 1.54) is 0 Å². The van der Waals surface area contributed by atoms with Crippen LogP contribution in [-0.2, 0) is 0 Å². The predicted molar refractivity (Wildman–Crippen MR) is 57.3 cm³/mol. The average Bonchev–Trinajstić information content (AvgIpc) is 2.36. The SMILES string of the molecule is Fc1cc(F)c(N2CCC(C(F)(F)F)CC2)c(F)c1F. The van der Waals surface area contributed by atoms with Crippen LogP contribution in [0.5, 0.6) is 0 Å². The van der Waals surface area contributed by atoms with Gasteiger partial charge in [-0.3, -0.25) is 0 Å². The molecule has 0 spiro atoms. The number of rotatable bonds is 1. The van der Waals surface area contributed by atoms with Crippen LogP contribution in [0.15, 0.2) is 6.07 Å². The van der Waals surface area contributed by atoms with Gasteiger partial charge in [0, 0.05) is 19.2 Å². The van der Waals surface area contributed by atoms with E-state index in [1.807, 2.05) is 0 Å². The Kier molecular flexibility index (Phi) is 3.84. The maximum atomic E-state index is 13.5. The van der Waals surface area contributed by atoms with Crippen LogP contribution in [0.1, 0.15) is 12.8 Å². The second-order valence-electron chi connectivity index (χ2n) is 4.62. The van der Waals surface area contributed by atoms with Crippen molar-refractivity contribution in [1.29, 1.82) is 0 Å². The molecule has 1 fully saturated rings. The molecule has 1 aromatic rings. The third-order valence-electron chi connectivity index (χ3n) is 3.36. The molecule has 0 unspecified atom stereocenters. The Labute approximate surface area is 110 Å². The number of benzene rings is 1. The van der Waals surface area contributed by atoms with Gasteiger partial charge in [0.2, 0.25) is 0 Å². The zero-order chi connectivity index (χ0) is 15.1. The van der Waals surface area contributed by atoms with Gasteiger partial charge in [0.1, 0.15) is 5.69 Å². The second kappa shape index (κ2) is 5.14. The van der Waals surface area contributed by atoms with Crippen LogP contribution in [-0.4, -0.2) is 19.3 Å². The first-order chi connectivity index (χ1) is 9.21. The topological polar surface area (TPSA) is 3.24 Å². The van der Waals surface area contributed by atoms with Crippen LogP contribution in [0.4, 0.5) is 36.4 Å². The van der Waals surface area contributed by atoms with E-state index >= 15 is 0 Å². The summed E-state index contributed by atoms with van der Waals surface area (Å²) in [5.74, 6) is -8.09. The molecule has 0 saturated carbocycles. The summed E-state index contributed by atoms with van der Waals surface area (Å²) in [6.07, 6.45) is -5.06. The highest BCUT2D eigenvalue weighted by Crippen LogP contribution is 2.37. The maximum Gasteiger partial charge on any atom is 0.391 e. The fraction of sp³-hybridized carbons (Fsp3) is 0.500. The molecule has 0 atom stereocenters. The Morgan fingerprint density at radius 1 is 0.900 bits per heavy atom. The number of alkyl halides is 3. The molecule has 0 N–H and O–H groups in total. The molecule has 1 saturated heterocycles. The van der Waals surface area contributed by atoms with Crippen molar-refractivity contribution >= 4 is 5.69 Å². The molecule has 1 nitrogen and oxygen atoms in total. The van der Waals surface area contributed by atoms with Crippen LogP contribution in [0.25, 0.3) is 0 Å². The van der Waals surface area contributed by atoms with Gasteiger partial charge in [-0.05, 0) is 12.8 Å². The van der Waals surface area contributed by atoms with Crippen molar-refractivity contribution in [3.8, 4) is 0 Å². The molecule has 20 heavy (non-hydrogen) atoms. The third kappa shape index (κ3) is 2.69. The molecule has 1 aromatic carbocycles. The molecule has 1 aliphatic heterocycles. The first kappa shape index (κ1) is 14.9. The summed E-state index contributed by atoms with van der Waals surface area (Å²) >= 11 is 0. The van der Waals surface area contributed by atoms with Gasteiger partial charge in [-0.25, -0.2) is 17.6 Å². The summed E-state index contributed by atoms with van der Waals surface area (Å²) in [6, 6.07) is 0.184. The fourth-order valence-corrected chi connectivity index (χ4v) is 2.28. The van der Waals surface area contributed by atoms with Crippen molar-refractivity contribution in [1.82, 2.24) is 0 Å². The van der Waals surface area contributed by atoms with Crippen molar-refractivity contribution in [3.63, 3.8) is 0 Å². The lowest BCUT2D eigenvalue weighted by molar-refractivity contribution is -0.179. The smallest absolute Gasteiger partial charge is 0.367 e. The molecular formula is C12H10F7N. The lowest BCUT2D eigenvalue weighted by Gasteiger charge is -2.34. The summed E-state index contributed by atoms with van der Waals surface area (Å²) in [4.78, 5) is 0.968. The lowest BCUT2D eigenvalue weighted by Crippen LogP contribution is -2.40. The minimum atomic E-state index is -4.36. The molecule has 1 aliphatic rings. The molecule has 112 valence electrons. The van der Waals surface area contributed by atoms with Gasteiger partial charge in [-0.15, -0.1) is 0 Å². The van der Waals surface area contributed by atoms with Crippen molar-refractivity contribution in [2.24, 2.45) is 5.92 Å². The monoisotopic (exact) mass is 301 g/mol. The molecule has 0 aliphatic carbocycles. The van der Waals surface area contributed by atoms with Crippen molar-refractivity contribution < 1.29 is 30.7 Å². The summed E-state index contributed by atoms with van der Waals surface area (Å²) in [5, 5.41) is 0. The minimum Gasteiger partial charge on any atom is -0.367 e. The summed E-state index contributed by atoms with van der Waals surface area (Å²) in [6.45, 7) is -0.549. The Morgan fingerprint density at radius 2 is 1.45 bits per heavy atom. The number of nitrogens with zero attached hydrogens (tertiary/aromatic N) is 1. The Balaban J connectivity index is 2.22. The van der Waals surface area contributed by atoms with E-state index in [1.54, 1.807) is 0 Å². The number of anilines is 1. The number of halogens is 7. The van der Waals surface area contributed by atoms with Gasteiger partial charge >= 0.3 is 6.18 Å². The standard InChI is InChI=1S/C12H10F7N/c13-7-5-8(14)11(10(16)9(7)15)20-3-1-6(2-4-20)12(17,18)19/h5-6H,1-4H2. The Morgan fingerprint density at radius 3 is 1.95 bits per heavy atom. The lowest BCUT2D eigenvalue weighted by atomic mass is 9.96. The van der Waals surface area contributed by atoms with Crippen LogP contribution in [0.2, 0.25) is 0 Å². The highest BCUT2D eigenvalue weighted by Gasteiger charge is 2.41. The molecule has 2 rings (SSSR count). The number of hydrogen-bond acceptors (Lipinski definition) is 1. The van der Waals surface area contributed by atoms with Gasteiger partial charge < -0.3 is 4.90 Å². The molecule has 8 heteroatoms. The molecule has 0 radical (unpaired) electrons.